The highest BCUT2D eigenvalue weighted by molar-refractivity contribution is 5.79. The molecule has 4 heterocycles. The molecule has 1 unspecified atom stereocenters. The number of aryl methyl sites for hydroxylation is 1. The fraction of sp³-hybridized carbons (Fsp3) is 0.267. The Balaban J connectivity index is 1.25. The molecule has 2 aromatic carbocycles. The molecule has 0 spiro atoms. The van der Waals surface area contributed by atoms with Crippen molar-refractivity contribution >= 4 is 16.9 Å². The summed E-state index contributed by atoms with van der Waals surface area (Å²) in [5.74, 6) is 1.93. The minimum atomic E-state index is -0.273. The number of halogens is 1. The summed E-state index contributed by atoms with van der Waals surface area (Å²) in [4.78, 5) is 19.1. The third-order valence-corrected chi connectivity index (χ3v) is 7.50. The lowest BCUT2D eigenvalue weighted by Gasteiger charge is -2.26. The van der Waals surface area contributed by atoms with E-state index in [-0.39, 0.29) is 11.9 Å². The molecular weight excluding hydrogens is 479 g/mol. The molecule has 1 atom stereocenters. The standard InChI is InChI=1S/C30H27FN6O/c31-21-11-8-20(9-12-21)28-29(25-16-17-32-30(35-25)33-22-5-3-6-22)37-23(13-14-26(37)36-28)18-38-27-15-10-19-4-1-2-7-24(19)34-27/h1-2,4,7-12,15-17,22-23H,3,5-6,13-14,18H2,(H,32,33,35). The van der Waals surface area contributed by atoms with Crippen LogP contribution in [-0.4, -0.2) is 37.2 Å². The Morgan fingerprint density at radius 2 is 1.79 bits per heavy atom. The number of ether oxygens (including phenoxy) is 1. The number of hydrogen-bond acceptors (Lipinski definition) is 6. The predicted octanol–water partition coefficient (Wildman–Crippen LogP) is 6.23. The number of anilines is 1. The number of rotatable bonds is 7. The van der Waals surface area contributed by atoms with Crippen LogP contribution in [0.15, 0.2) is 72.9 Å². The number of benzene rings is 2. The van der Waals surface area contributed by atoms with Crippen LogP contribution in [0.1, 0.15) is 37.5 Å². The summed E-state index contributed by atoms with van der Waals surface area (Å²) < 4.78 is 22.2. The zero-order valence-electron chi connectivity index (χ0n) is 20.8. The maximum absolute atomic E-state index is 13.7. The number of nitrogens with zero attached hydrogens (tertiary/aromatic N) is 5. The first-order chi connectivity index (χ1) is 18.7. The molecule has 1 fully saturated rings. The molecule has 2 aliphatic rings. The number of imidazole rings is 1. The van der Waals surface area contributed by atoms with E-state index in [1.165, 1.54) is 18.6 Å². The van der Waals surface area contributed by atoms with Crippen molar-refractivity contribution in [3.63, 3.8) is 0 Å². The van der Waals surface area contributed by atoms with Crippen LogP contribution >= 0.6 is 0 Å². The molecule has 7 nitrogen and oxygen atoms in total. The van der Waals surface area contributed by atoms with E-state index < -0.39 is 0 Å². The third-order valence-electron chi connectivity index (χ3n) is 7.50. The topological polar surface area (TPSA) is 77.8 Å². The highest BCUT2D eigenvalue weighted by Gasteiger charge is 2.31. The van der Waals surface area contributed by atoms with E-state index in [4.69, 9.17) is 14.7 Å². The Kier molecular flexibility index (Phi) is 5.72. The fourth-order valence-corrected chi connectivity index (χ4v) is 5.29. The van der Waals surface area contributed by atoms with Crippen molar-refractivity contribution in [3.05, 3.63) is 84.6 Å². The van der Waals surface area contributed by atoms with Gasteiger partial charge >= 0.3 is 0 Å². The average Bonchev–Trinajstić information content (AvgIpc) is 3.50. The highest BCUT2D eigenvalue weighted by Crippen LogP contribution is 2.39. The van der Waals surface area contributed by atoms with E-state index in [0.717, 1.165) is 65.1 Å². The molecule has 0 bridgehead atoms. The molecule has 1 aliphatic carbocycles. The van der Waals surface area contributed by atoms with E-state index in [9.17, 15) is 4.39 Å². The monoisotopic (exact) mass is 506 g/mol. The van der Waals surface area contributed by atoms with Crippen LogP contribution in [0, 0.1) is 5.82 Å². The Morgan fingerprint density at radius 3 is 2.63 bits per heavy atom. The molecule has 0 radical (unpaired) electrons. The number of pyridine rings is 1. The second-order valence-electron chi connectivity index (χ2n) is 9.99. The SMILES string of the molecule is Fc1ccc(-c2nc3n(c2-c2ccnc(NC4CCC4)n2)C(COc2ccc4ccccc4n2)CC3)cc1. The maximum Gasteiger partial charge on any atom is 0.223 e. The van der Waals surface area contributed by atoms with E-state index in [1.54, 1.807) is 18.3 Å². The number of hydrogen-bond donors (Lipinski definition) is 1. The average molecular weight is 507 g/mol. The zero-order valence-corrected chi connectivity index (χ0v) is 20.8. The summed E-state index contributed by atoms with van der Waals surface area (Å²) >= 11 is 0. The molecule has 8 heteroatoms. The van der Waals surface area contributed by atoms with Gasteiger partial charge in [-0.25, -0.2) is 24.3 Å². The smallest absolute Gasteiger partial charge is 0.223 e. The Bertz CT molecular complexity index is 1610. The van der Waals surface area contributed by atoms with Gasteiger partial charge in [-0.2, -0.15) is 0 Å². The Hall–Kier alpha value is -4.33. The zero-order chi connectivity index (χ0) is 25.5. The first kappa shape index (κ1) is 22.8. The molecule has 38 heavy (non-hydrogen) atoms. The fourth-order valence-electron chi connectivity index (χ4n) is 5.29. The summed E-state index contributed by atoms with van der Waals surface area (Å²) in [5, 5.41) is 4.54. The van der Waals surface area contributed by atoms with E-state index in [2.05, 4.69) is 19.9 Å². The van der Waals surface area contributed by atoms with Gasteiger partial charge in [0.05, 0.1) is 28.6 Å². The molecule has 7 rings (SSSR count). The summed E-state index contributed by atoms with van der Waals surface area (Å²) in [5.41, 5.74) is 4.25. The minimum absolute atomic E-state index is 0.0629. The van der Waals surface area contributed by atoms with Gasteiger partial charge < -0.3 is 14.6 Å². The Labute approximate surface area is 219 Å². The third kappa shape index (κ3) is 4.26. The van der Waals surface area contributed by atoms with Crippen LogP contribution in [-0.2, 0) is 6.42 Å². The first-order valence-electron chi connectivity index (χ1n) is 13.2. The van der Waals surface area contributed by atoms with Crippen molar-refractivity contribution in [2.75, 3.05) is 11.9 Å². The number of nitrogens with one attached hydrogen (secondary N) is 1. The molecule has 1 aliphatic heterocycles. The van der Waals surface area contributed by atoms with Crippen LogP contribution in [0.3, 0.4) is 0 Å². The molecular formula is C30H27FN6O. The molecule has 1 N–H and O–H groups in total. The van der Waals surface area contributed by atoms with Gasteiger partial charge in [0, 0.05) is 35.7 Å². The summed E-state index contributed by atoms with van der Waals surface area (Å²) in [6, 6.07) is 20.9. The van der Waals surface area contributed by atoms with Crippen LogP contribution < -0.4 is 10.1 Å². The highest BCUT2D eigenvalue weighted by atomic mass is 19.1. The molecule has 3 aromatic heterocycles. The maximum atomic E-state index is 13.7. The van der Waals surface area contributed by atoms with Crippen molar-refractivity contribution in [1.29, 1.82) is 0 Å². The summed E-state index contributed by atoms with van der Waals surface area (Å²) in [7, 11) is 0. The lowest BCUT2D eigenvalue weighted by Crippen LogP contribution is -2.28. The minimum Gasteiger partial charge on any atom is -0.475 e. The van der Waals surface area contributed by atoms with Gasteiger partial charge in [-0.3, -0.25) is 0 Å². The first-order valence-corrected chi connectivity index (χ1v) is 13.2. The van der Waals surface area contributed by atoms with Crippen LogP contribution in [0.25, 0.3) is 33.5 Å². The molecule has 0 amide bonds. The predicted molar refractivity (Wildman–Crippen MR) is 145 cm³/mol. The lowest BCUT2D eigenvalue weighted by atomic mass is 9.93. The van der Waals surface area contributed by atoms with Crippen molar-refractivity contribution in [3.8, 4) is 28.5 Å². The van der Waals surface area contributed by atoms with Crippen molar-refractivity contribution < 1.29 is 9.13 Å². The van der Waals surface area contributed by atoms with Crippen LogP contribution in [0.4, 0.5) is 10.3 Å². The van der Waals surface area contributed by atoms with Gasteiger partial charge in [0.25, 0.3) is 0 Å². The van der Waals surface area contributed by atoms with E-state index >= 15 is 0 Å². The quantitative estimate of drug-likeness (QED) is 0.282. The second-order valence-corrected chi connectivity index (χ2v) is 9.99. The van der Waals surface area contributed by atoms with Gasteiger partial charge in [-0.1, -0.05) is 18.2 Å². The Morgan fingerprint density at radius 1 is 0.921 bits per heavy atom. The molecule has 1 saturated carbocycles. The number of fused-ring (bicyclic) bond motifs is 2. The van der Waals surface area contributed by atoms with Crippen molar-refractivity contribution in [2.24, 2.45) is 0 Å². The molecule has 190 valence electrons. The lowest BCUT2D eigenvalue weighted by molar-refractivity contribution is 0.248. The van der Waals surface area contributed by atoms with Crippen molar-refractivity contribution in [1.82, 2.24) is 24.5 Å². The number of para-hydroxylation sites is 1. The van der Waals surface area contributed by atoms with Gasteiger partial charge in [-0.15, -0.1) is 0 Å². The summed E-state index contributed by atoms with van der Waals surface area (Å²) in [6.45, 7) is 0.461. The van der Waals surface area contributed by atoms with Crippen LogP contribution in [0.2, 0.25) is 0 Å². The number of aromatic nitrogens is 5. The van der Waals surface area contributed by atoms with Gasteiger partial charge in [-0.05, 0) is 68.1 Å². The van der Waals surface area contributed by atoms with Gasteiger partial charge in [0.2, 0.25) is 11.8 Å². The van der Waals surface area contributed by atoms with Crippen LogP contribution in [0.5, 0.6) is 5.88 Å². The largest absolute Gasteiger partial charge is 0.475 e. The second kappa shape index (κ2) is 9.52. The van der Waals surface area contributed by atoms with Gasteiger partial charge in [0.1, 0.15) is 18.2 Å². The summed E-state index contributed by atoms with van der Waals surface area (Å²) in [6.07, 6.45) is 7.03. The molecule has 0 saturated heterocycles. The van der Waals surface area contributed by atoms with Gasteiger partial charge in [0.15, 0.2) is 0 Å². The molecule has 5 aromatic rings. The van der Waals surface area contributed by atoms with Crippen molar-refractivity contribution in [2.45, 2.75) is 44.2 Å². The van der Waals surface area contributed by atoms with E-state index in [1.807, 2.05) is 42.5 Å². The van der Waals surface area contributed by atoms with E-state index in [0.29, 0.717) is 24.5 Å². The normalized spacial score (nSPS) is 16.8.